The first-order chi connectivity index (χ1) is 5.67. The van der Waals surface area contributed by atoms with Crippen LogP contribution in [0.25, 0.3) is 0 Å². The molecule has 0 N–H and O–H groups in total. The molecule has 0 bridgehead atoms. The van der Waals surface area contributed by atoms with E-state index in [4.69, 9.17) is 0 Å². The standard InChI is InChI=1S/C8H11NO2S/c1-2-7-12(10,11)8-3-5-9-6-4-8/h3-6H,2,7H2,1H3. The largest absolute Gasteiger partial charge is 0.265 e. The monoisotopic (exact) mass is 185 g/mol. The average molecular weight is 185 g/mol. The van der Waals surface area contributed by atoms with Crippen LogP contribution in [0.5, 0.6) is 0 Å². The van der Waals surface area contributed by atoms with Crippen molar-refractivity contribution in [1.29, 1.82) is 0 Å². The number of rotatable bonds is 3. The van der Waals surface area contributed by atoms with Gasteiger partial charge in [0.05, 0.1) is 10.6 Å². The fourth-order valence-corrected chi connectivity index (χ4v) is 2.24. The molecule has 0 saturated heterocycles. The van der Waals surface area contributed by atoms with E-state index in [-0.39, 0.29) is 5.75 Å². The molecule has 0 aliphatic rings. The van der Waals surface area contributed by atoms with E-state index in [1.807, 2.05) is 6.92 Å². The molecule has 0 fully saturated rings. The molecule has 66 valence electrons. The number of hydrogen-bond donors (Lipinski definition) is 0. The van der Waals surface area contributed by atoms with Crippen LogP contribution in [-0.4, -0.2) is 19.2 Å². The molecule has 0 atom stereocenters. The molecule has 0 aromatic carbocycles. The zero-order valence-electron chi connectivity index (χ0n) is 6.90. The predicted octanol–water partition coefficient (Wildman–Crippen LogP) is 1.27. The van der Waals surface area contributed by atoms with E-state index in [2.05, 4.69) is 4.98 Å². The maximum Gasteiger partial charge on any atom is 0.178 e. The van der Waals surface area contributed by atoms with Crippen molar-refractivity contribution in [3.63, 3.8) is 0 Å². The van der Waals surface area contributed by atoms with Crippen LogP contribution in [-0.2, 0) is 9.84 Å². The van der Waals surface area contributed by atoms with Crippen molar-refractivity contribution in [1.82, 2.24) is 4.98 Å². The van der Waals surface area contributed by atoms with Crippen LogP contribution in [0.15, 0.2) is 29.4 Å². The molecule has 0 radical (unpaired) electrons. The third-order valence-corrected chi connectivity index (χ3v) is 3.42. The Labute approximate surface area is 72.4 Å². The summed E-state index contributed by atoms with van der Waals surface area (Å²) >= 11 is 0. The zero-order chi connectivity index (χ0) is 9.03. The molecular weight excluding hydrogens is 174 g/mol. The Bertz CT molecular complexity index is 331. The van der Waals surface area contributed by atoms with Crippen molar-refractivity contribution in [3.8, 4) is 0 Å². The zero-order valence-corrected chi connectivity index (χ0v) is 7.71. The lowest BCUT2D eigenvalue weighted by Gasteiger charge is -2.00. The Morgan fingerprint density at radius 2 is 1.92 bits per heavy atom. The number of pyridine rings is 1. The first-order valence-electron chi connectivity index (χ1n) is 3.79. The van der Waals surface area contributed by atoms with Crippen molar-refractivity contribution in [2.75, 3.05) is 5.75 Å². The van der Waals surface area contributed by atoms with E-state index >= 15 is 0 Å². The predicted molar refractivity (Wildman–Crippen MR) is 46.6 cm³/mol. The molecule has 1 heterocycles. The van der Waals surface area contributed by atoms with Crippen molar-refractivity contribution in [3.05, 3.63) is 24.5 Å². The van der Waals surface area contributed by atoms with Gasteiger partial charge in [-0.05, 0) is 18.6 Å². The Morgan fingerprint density at radius 1 is 1.33 bits per heavy atom. The van der Waals surface area contributed by atoms with Gasteiger partial charge in [-0.2, -0.15) is 0 Å². The quantitative estimate of drug-likeness (QED) is 0.712. The summed E-state index contributed by atoms with van der Waals surface area (Å²) in [6.45, 7) is 1.85. The van der Waals surface area contributed by atoms with Crippen molar-refractivity contribution in [2.24, 2.45) is 0 Å². The Morgan fingerprint density at radius 3 is 2.42 bits per heavy atom. The van der Waals surface area contributed by atoms with Gasteiger partial charge in [-0.25, -0.2) is 8.42 Å². The molecule has 1 rings (SSSR count). The minimum absolute atomic E-state index is 0.205. The number of nitrogens with zero attached hydrogens (tertiary/aromatic N) is 1. The van der Waals surface area contributed by atoms with Gasteiger partial charge in [0.1, 0.15) is 0 Å². The molecule has 3 nitrogen and oxygen atoms in total. The van der Waals surface area contributed by atoms with Gasteiger partial charge in [0.25, 0.3) is 0 Å². The number of aromatic nitrogens is 1. The van der Waals surface area contributed by atoms with Gasteiger partial charge in [-0.1, -0.05) is 6.92 Å². The van der Waals surface area contributed by atoms with Gasteiger partial charge < -0.3 is 0 Å². The second-order valence-corrected chi connectivity index (χ2v) is 4.61. The van der Waals surface area contributed by atoms with Crippen molar-refractivity contribution >= 4 is 9.84 Å². The van der Waals surface area contributed by atoms with Crippen LogP contribution in [0.4, 0.5) is 0 Å². The van der Waals surface area contributed by atoms with Crippen LogP contribution in [0.2, 0.25) is 0 Å². The van der Waals surface area contributed by atoms with Gasteiger partial charge in [0.15, 0.2) is 9.84 Å². The summed E-state index contributed by atoms with van der Waals surface area (Å²) in [7, 11) is -3.05. The highest BCUT2D eigenvalue weighted by molar-refractivity contribution is 7.91. The topological polar surface area (TPSA) is 47.0 Å². The summed E-state index contributed by atoms with van der Waals surface area (Å²) < 4.78 is 22.8. The molecule has 0 spiro atoms. The van der Waals surface area contributed by atoms with Crippen molar-refractivity contribution in [2.45, 2.75) is 18.2 Å². The Balaban J connectivity index is 2.99. The molecule has 0 saturated carbocycles. The van der Waals surface area contributed by atoms with Gasteiger partial charge in [0, 0.05) is 12.4 Å². The highest BCUT2D eigenvalue weighted by Crippen LogP contribution is 2.09. The maximum atomic E-state index is 11.4. The third-order valence-electron chi connectivity index (χ3n) is 1.48. The van der Waals surface area contributed by atoms with Gasteiger partial charge in [0.2, 0.25) is 0 Å². The summed E-state index contributed by atoms with van der Waals surface area (Å²) in [4.78, 5) is 4.12. The van der Waals surface area contributed by atoms with Gasteiger partial charge in [-0.15, -0.1) is 0 Å². The molecule has 0 amide bonds. The maximum absolute atomic E-state index is 11.4. The summed E-state index contributed by atoms with van der Waals surface area (Å²) in [6.07, 6.45) is 3.62. The molecule has 12 heavy (non-hydrogen) atoms. The first kappa shape index (κ1) is 9.19. The van der Waals surface area contributed by atoms with Crippen molar-refractivity contribution < 1.29 is 8.42 Å². The van der Waals surface area contributed by atoms with E-state index in [0.717, 1.165) is 0 Å². The van der Waals surface area contributed by atoms with E-state index in [1.165, 1.54) is 24.5 Å². The van der Waals surface area contributed by atoms with Crippen LogP contribution in [0.3, 0.4) is 0 Å². The minimum atomic E-state index is -3.05. The van der Waals surface area contributed by atoms with Crippen LogP contribution >= 0.6 is 0 Å². The summed E-state index contributed by atoms with van der Waals surface area (Å²) in [5, 5.41) is 0. The van der Waals surface area contributed by atoms with Gasteiger partial charge in [-0.3, -0.25) is 4.98 Å². The summed E-state index contributed by atoms with van der Waals surface area (Å²) in [6, 6.07) is 3.04. The number of hydrogen-bond acceptors (Lipinski definition) is 3. The normalized spacial score (nSPS) is 11.4. The molecule has 1 aromatic heterocycles. The SMILES string of the molecule is CCCS(=O)(=O)c1ccncc1. The lowest BCUT2D eigenvalue weighted by Crippen LogP contribution is -2.05. The second-order valence-electron chi connectivity index (χ2n) is 2.50. The van der Waals surface area contributed by atoms with E-state index < -0.39 is 9.84 Å². The molecule has 0 aliphatic carbocycles. The highest BCUT2D eigenvalue weighted by atomic mass is 32.2. The summed E-state index contributed by atoms with van der Waals surface area (Å²) in [5.41, 5.74) is 0. The van der Waals surface area contributed by atoms with Crippen LogP contribution in [0.1, 0.15) is 13.3 Å². The van der Waals surface area contributed by atoms with Crippen LogP contribution < -0.4 is 0 Å². The molecular formula is C8H11NO2S. The molecule has 4 heteroatoms. The molecule has 0 unspecified atom stereocenters. The second kappa shape index (κ2) is 3.67. The fourth-order valence-electron chi connectivity index (χ4n) is 0.932. The van der Waals surface area contributed by atoms with E-state index in [1.54, 1.807) is 0 Å². The molecule has 1 aromatic rings. The Hall–Kier alpha value is -0.900. The first-order valence-corrected chi connectivity index (χ1v) is 5.45. The van der Waals surface area contributed by atoms with Crippen LogP contribution in [0, 0.1) is 0 Å². The third kappa shape index (κ3) is 2.04. The minimum Gasteiger partial charge on any atom is -0.265 e. The smallest absolute Gasteiger partial charge is 0.178 e. The van der Waals surface area contributed by atoms with E-state index in [9.17, 15) is 8.42 Å². The molecule has 0 aliphatic heterocycles. The lowest BCUT2D eigenvalue weighted by molar-refractivity contribution is 0.594. The number of sulfone groups is 1. The van der Waals surface area contributed by atoms with Gasteiger partial charge >= 0.3 is 0 Å². The Kier molecular flexibility index (Phi) is 2.81. The fraction of sp³-hybridized carbons (Fsp3) is 0.375. The van der Waals surface area contributed by atoms with E-state index in [0.29, 0.717) is 11.3 Å². The summed E-state index contributed by atoms with van der Waals surface area (Å²) in [5.74, 6) is 0.205. The lowest BCUT2D eigenvalue weighted by atomic mass is 10.5. The highest BCUT2D eigenvalue weighted by Gasteiger charge is 2.11. The average Bonchev–Trinajstić information content (AvgIpc) is 2.06.